The number of hydrogen-bond acceptors (Lipinski definition) is 3. The van der Waals surface area contributed by atoms with E-state index in [0.717, 1.165) is 33.5 Å². The first kappa shape index (κ1) is 16.8. The summed E-state index contributed by atoms with van der Waals surface area (Å²) in [5.74, 6) is 0.621. The second kappa shape index (κ2) is 7.26. The van der Waals surface area contributed by atoms with Gasteiger partial charge >= 0.3 is 0 Å². The van der Waals surface area contributed by atoms with Gasteiger partial charge in [0.2, 0.25) is 5.91 Å². The Kier molecular flexibility index (Phi) is 4.89. The van der Waals surface area contributed by atoms with Crippen LogP contribution in [0.4, 0.5) is 11.4 Å². The number of carbonyl (C=O) groups is 1. The fraction of sp³-hybridized carbons (Fsp3) is 0.190. The molecule has 2 N–H and O–H groups in total. The highest BCUT2D eigenvalue weighted by Crippen LogP contribution is 2.27. The molecule has 128 valence electrons. The van der Waals surface area contributed by atoms with Crippen LogP contribution < -0.4 is 15.4 Å². The molecule has 25 heavy (non-hydrogen) atoms. The highest BCUT2D eigenvalue weighted by atomic mass is 16.5. The molecule has 0 radical (unpaired) electrons. The van der Waals surface area contributed by atoms with Gasteiger partial charge in [0.25, 0.3) is 0 Å². The first-order chi connectivity index (χ1) is 12.1. The van der Waals surface area contributed by atoms with Gasteiger partial charge in [-0.2, -0.15) is 0 Å². The largest absolute Gasteiger partial charge is 0.495 e. The van der Waals surface area contributed by atoms with E-state index in [1.807, 2.05) is 74.5 Å². The van der Waals surface area contributed by atoms with Gasteiger partial charge in [-0.05, 0) is 43.0 Å². The number of carbonyl (C=O) groups excluding carboxylic acids is 1. The maximum atomic E-state index is 12.6. The summed E-state index contributed by atoms with van der Waals surface area (Å²) in [5.41, 5.74) is 2.72. The van der Waals surface area contributed by atoms with Gasteiger partial charge in [-0.25, -0.2) is 0 Å². The molecule has 0 aromatic heterocycles. The Labute approximate surface area is 147 Å². The summed E-state index contributed by atoms with van der Waals surface area (Å²) in [6.45, 7) is 3.84. The molecule has 0 bridgehead atoms. The molecule has 0 saturated carbocycles. The molecule has 4 nitrogen and oxygen atoms in total. The van der Waals surface area contributed by atoms with Crippen molar-refractivity contribution in [3.63, 3.8) is 0 Å². The Morgan fingerprint density at radius 1 is 1.00 bits per heavy atom. The summed E-state index contributed by atoms with van der Waals surface area (Å²) < 4.78 is 5.36. The van der Waals surface area contributed by atoms with E-state index in [0.29, 0.717) is 0 Å². The van der Waals surface area contributed by atoms with Gasteiger partial charge in [0, 0.05) is 11.1 Å². The lowest BCUT2D eigenvalue weighted by Gasteiger charge is -2.18. The summed E-state index contributed by atoms with van der Waals surface area (Å²) >= 11 is 0. The predicted octanol–water partition coefficient (Wildman–Crippen LogP) is 4.60. The van der Waals surface area contributed by atoms with Crippen molar-refractivity contribution in [1.29, 1.82) is 0 Å². The zero-order valence-electron chi connectivity index (χ0n) is 14.7. The molecule has 0 spiro atoms. The molecule has 3 aromatic rings. The quantitative estimate of drug-likeness (QED) is 0.717. The number of ether oxygens (including phenoxy) is 1. The molecule has 0 fully saturated rings. The Balaban J connectivity index is 1.78. The minimum Gasteiger partial charge on any atom is -0.495 e. The van der Waals surface area contributed by atoms with Crippen LogP contribution in [-0.4, -0.2) is 19.1 Å². The first-order valence-electron chi connectivity index (χ1n) is 8.28. The molecule has 0 unspecified atom stereocenters. The van der Waals surface area contributed by atoms with Crippen molar-refractivity contribution in [2.75, 3.05) is 17.7 Å². The molecule has 1 atom stereocenters. The first-order valence-corrected chi connectivity index (χ1v) is 8.28. The lowest BCUT2D eigenvalue weighted by Crippen LogP contribution is -2.32. The van der Waals surface area contributed by atoms with Crippen LogP contribution >= 0.6 is 0 Å². The number of benzene rings is 3. The van der Waals surface area contributed by atoms with Gasteiger partial charge in [0.05, 0.1) is 12.8 Å². The Morgan fingerprint density at radius 2 is 1.76 bits per heavy atom. The third kappa shape index (κ3) is 3.74. The Morgan fingerprint density at radius 3 is 2.56 bits per heavy atom. The standard InChI is InChI=1S/C21H22N2O2/c1-14-11-12-20(25-3)19(13-14)22-15(2)21(24)23-18-10-6-8-16-7-4-5-9-17(16)18/h4-13,15,22H,1-3H3,(H,23,24)/t15-/m0/s1. The van der Waals surface area contributed by atoms with Gasteiger partial charge in [0.15, 0.2) is 0 Å². The molecule has 0 aliphatic carbocycles. The van der Waals surface area contributed by atoms with Crippen LogP contribution in [0.2, 0.25) is 0 Å². The lowest BCUT2D eigenvalue weighted by molar-refractivity contribution is -0.116. The van der Waals surface area contributed by atoms with Crippen LogP contribution in [0.25, 0.3) is 10.8 Å². The maximum absolute atomic E-state index is 12.6. The SMILES string of the molecule is COc1ccc(C)cc1N[C@@H](C)C(=O)Nc1cccc2ccccc12. The maximum Gasteiger partial charge on any atom is 0.246 e. The van der Waals surface area contributed by atoms with E-state index in [1.165, 1.54) is 0 Å². The molecular formula is C21H22N2O2. The summed E-state index contributed by atoms with van der Waals surface area (Å²) in [5, 5.41) is 8.37. The second-order valence-corrected chi connectivity index (χ2v) is 6.09. The molecule has 1 amide bonds. The summed E-state index contributed by atoms with van der Waals surface area (Å²) in [4.78, 5) is 12.6. The Bertz CT molecular complexity index is 900. The van der Waals surface area contributed by atoms with Crippen LogP contribution in [0, 0.1) is 6.92 Å². The van der Waals surface area contributed by atoms with Gasteiger partial charge in [-0.1, -0.05) is 42.5 Å². The monoisotopic (exact) mass is 334 g/mol. The smallest absolute Gasteiger partial charge is 0.246 e. The van der Waals surface area contributed by atoms with E-state index in [2.05, 4.69) is 10.6 Å². The fourth-order valence-electron chi connectivity index (χ4n) is 2.81. The summed E-state index contributed by atoms with van der Waals surface area (Å²) in [6.07, 6.45) is 0. The predicted molar refractivity (Wildman–Crippen MR) is 103 cm³/mol. The van der Waals surface area contributed by atoms with Crippen LogP contribution in [0.1, 0.15) is 12.5 Å². The van der Waals surface area contributed by atoms with Crippen molar-refractivity contribution in [3.05, 3.63) is 66.2 Å². The summed E-state index contributed by atoms with van der Waals surface area (Å²) in [7, 11) is 1.62. The van der Waals surface area contributed by atoms with Gasteiger partial charge in [-0.3, -0.25) is 4.79 Å². The van der Waals surface area contributed by atoms with Crippen molar-refractivity contribution < 1.29 is 9.53 Å². The van der Waals surface area contributed by atoms with Gasteiger partial charge < -0.3 is 15.4 Å². The van der Waals surface area contributed by atoms with E-state index in [1.54, 1.807) is 7.11 Å². The number of amides is 1. The van der Waals surface area contributed by atoms with Gasteiger partial charge in [0.1, 0.15) is 11.8 Å². The molecule has 3 rings (SSSR count). The zero-order valence-corrected chi connectivity index (χ0v) is 14.7. The van der Waals surface area contributed by atoms with Crippen molar-refractivity contribution in [2.45, 2.75) is 19.9 Å². The molecule has 3 aromatic carbocycles. The molecule has 0 aliphatic heterocycles. The fourth-order valence-corrected chi connectivity index (χ4v) is 2.81. The highest BCUT2D eigenvalue weighted by molar-refractivity contribution is 6.04. The van der Waals surface area contributed by atoms with Crippen molar-refractivity contribution in [2.24, 2.45) is 0 Å². The molecule has 0 heterocycles. The van der Waals surface area contributed by atoms with Crippen molar-refractivity contribution in [1.82, 2.24) is 0 Å². The van der Waals surface area contributed by atoms with Crippen molar-refractivity contribution in [3.8, 4) is 5.75 Å². The van der Waals surface area contributed by atoms with Crippen LogP contribution in [0.3, 0.4) is 0 Å². The van der Waals surface area contributed by atoms with Crippen molar-refractivity contribution >= 4 is 28.1 Å². The van der Waals surface area contributed by atoms with E-state index in [9.17, 15) is 4.79 Å². The minimum atomic E-state index is -0.408. The number of fused-ring (bicyclic) bond motifs is 1. The normalized spacial score (nSPS) is 11.8. The number of rotatable bonds is 5. The molecule has 0 aliphatic rings. The average Bonchev–Trinajstić information content (AvgIpc) is 2.62. The summed E-state index contributed by atoms with van der Waals surface area (Å²) in [6, 6.07) is 19.3. The highest BCUT2D eigenvalue weighted by Gasteiger charge is 2.16. The molecule has 4 heteroatoms. The minimum absolute atomic E-state index is 0.0973. The molecular weight excluding hydrogens is 312 g/mol. The van der Waals surface area contributed by atoms with Crippen LogP contribution in [0.5, 0.6) is 5.75 Å². The third-order valence-corrected chi connectivity index (χ3v) is 4.17. The Hall–Kier alpha value is -3.01. The third-order valence-electron chi connectivity index (χ3n) is 4.17. The van der Waals surface area contributed by atoms with E-state index < -0.39 is 6.04 Å². The van der Waals surface area contributed by atoms with Crippen LogP contribution in [0.15, 0.2) is 60.7 Å². The van der Waals surface area contributed by atoms with E-state index in [4.69, 9.17) is 4.74 Å². The lowest BCUT2D eigenvalue weighted by atomic mass is 10.1. The number of nitrogens with one attached hydrogen (secondary N) is 2. The van der Waals surface area contributed by atoms with E-state index >= 15 is 0 Å². The number of methoxy groups -OCH3 is 1. The second-order valence-electron chi connectivity index (χ2n) is 6.09. The van der Waals surface area contributed by atoms with Crippen LogP contribution in [-0.2, 0) is 4.79 Å². The number of anilines is 2. The number of hydrogen-bond donors (Lipinski definition) is 2. The number of aryl methyl sites for hydroxylation is 1. The average molecular weight is 334 g/mol. The molecule has 0 saturated heterocycles. The zero-order chi connectivity index (χ0) is 17.8. The van der Waals surface area contributed by atoms with E-state index in [-0.39, 0.29) is 5.91 Å². The topological polar surface area (TPSA) is 50.4 Å². The van der Waals surface area contributed by atoms with Gasteiger partial charge in [-0.15, -0.1) is 0 Å².